The number of aryl methyl sites for hydroxylation is 1. The second-order valence-corrected chi connectivity index (χ2v) is 6.69. The van der Waals surface area contributed by atoms with Crippen LogP contribution < -0.4 is 4.72 Å². The van der Waals surface area contributed by atoms with Gasteiger partial charge >= 0.3 is 0 Å². The first kappa shape index (κ1) is 16.1. The number of sulfonamides is 1. The summed E-state index contributed by atoms with van der Waals surface area (Å²) in [7, 11) is -3.80. The van der Waals surface area contributed by atoms with E-state index in [1.165, 1.54) is 23.1 Å². The molecule has 0 bridgehead atoms. The van der Waals surface area contributed by atoms with Crippen molar-refractivity contribution < 1.29 is 13.5 Å². The highest BCUT2D eigenvalue weighted by molar-refractivity contribution is 7.92. The minimum Gasteiger partial charge on any atom is -0.396 e. The first-order chi connectivity index (χ1) is 9.94. The SMILES string of the molecule is O=S(=O)(Nc1cccc(Cl)c1Cl)c1cnn(CCCO)c1. The number of halogens is 2. The molecule has 1 heterocycles. The van der Waals surface area contributed by atoms with E-state index in [0.29, 0.717) is 13.0 Å². The summed E-state index contributed by atoms with van der Waals surface area (Å²) in [5.41, 5.74) is 0.201. The van der Waals surface area contributed by atoms with Crippen molar-refractivity contribution in [3.05, 3.63) is 40.6 Å². The number of aliphatic hydroxyl groups is 1. The minimum atomic E-state index is -3.80. The molecule has 0 aliphatic heterocycles. The van der Waals surface area contributed by atoms with E-state index in [-0.39, 0.29) is 27.2 Å². The number of nitrogens with zero attached hydrogens (tertiary/aromatic N) is 2. The van der Waals surface area contributed by atoms with Crippen LogP contribution in [0.15, 0.2) is 35.5 Å². The summed E-state index contributed by atoms with van der Waals surface area (Å²) in [6.07, 6.45) is 3.11. The van der Waals surface area contributed by atoms with Gasteiger partial charge in [0.05, 0.1) is 21.9 Å². The number of hydrogen-bond donors (Lipinski definition) is 2. The van der Waals surface area contributed by atoms with Crippen LogP contribution in [0.1, 0.15) is 6.42 Å². The lowest BCUT2D eigenvalue weighted by molar-refractivity contribution is 0.277. The summed E-state index contributed by atoms with van der Waals surface area (Å²) >= 11 is 11.8. The van der Waals surface area contributed by atoms with E-state index < -0.39 is 10.0 Å². The number of hydrogen-bond acceptors (Lipinski definition) is 4. The molecule has 0 saturated heterocycles. The highest BCUT2D eigenvalue weighted by Crippen LogP contribution is 2.31. The van der Waals surface area contributed by atoms with E-state index >= 15 is 0 Å². The largest absolute Gasteiger partial charge is 0.396 e. The molecule has 0 spiro atoms. The average molecular weight is 350 g/mol. The van der Waals surface area contributed by atoms with Crippen LogP contribution in [0.2, 0.25) is 10.0 Å². The molecule has 6 nitrogen and oxygen atoms in total. The first-order valence-corrected chi connectivity index (χ1v) is 8.28. The molecule has 1 aromatic heterocycles. The molecule has 0 radical (unpaired) electrons. The van der Waals surface area contributed by atoms with Crippen molar-refractivity contribution in [2.75, 3.05) is 11.3 Å². The summed E-state index contributed by atoms with van der Waals surface area (Å²) in [5.74, 6) is 0. The Morgan fingerprint density at radius 1 is 1.33 bits per heavy atom. The summed E-state index contributed by atoms with van der Waals surface area (Å²) in [4.78, 5) is 0.0106. The van der Waals surface area contributed by atoms with Crippen molar-refractivity contribution >= 4 is 38.9 Å². The zero-order valence-electron chi connectivity index (χ0n) is 10.8. The van der Waals surface area contributed by atoms with Gasteiger partial charge in [0.15, 0.2) is 0 Å². The first-order valence-electron chi connectivity index (χ1n) is 6.04. The molecule has 0 saturated carbocycles. The van der Waals surface area contributed by atoms with Crippen LogP contribution in [-0.4, -0.2) is 29.9 Å². The van der Waals surface area contributed by atoms with Crippen molar-refractivity contribution in [1.29, 1.82) is 0 Å². The number of nitrogens with one attached hydrogen (secondary N) is 1. The smallest absolute Gasteiger partial charge is 0.265 e. The van der Waals surface area contributed by atoms with Gasteiger partial charge in [0, 0.05) is 19.3 Å². The summed E-state index contributed by atoms with van der Waals surface area (Å²) in [6, 6.07) is 4.67. The molecule has 1 aromatic carbocycles. The lowest BCUT2D eigenvalue weighted by Crippen LogP contribution is -2.12. The number of benzene rings is 1. The maximum absolute atomic E-state index is 12.2. The summed E-state index contributed by atoms with van der Waals surface area (Å²) < 4.78 is 28.3. The van der Waals surface area contributed by atoms with Gasteiger partial charge in [-0.05, 0) is 18.6 Å². The maximum Gasteiger partial charge on any atom is 0.265 e. The van der Waals surface area contributed by atoms with Crippen LogP contribution in [0.3, 0.4) is 0 Å². The van der Waals surface area contributed by atoms with E-state index in [4.69, 9.17) is 28.3 Å². The molecule has 114 valence electrons. The fraction of sp³-hybridized carbons (Fsp3) is 0.250. The van der Waals surface area contributed by atoms with Crippen LogP contribution in [-0.2, 0) is 16.6 Å². The number of anilines is 1. The van der Waals surface area contributed by atoms with Gasteiger partial charge in [-0.15, -0.1) is 0 Å². The zero-order chi connectivity index (χ0) is 15.5. The predicted molar refractivity (Wildman–Crippen MR) is 81.2 cm³/mol. The fourth-order valence-electron chi connectivity index (χ4n) is 1.62. The number of aromatic nitrogens is 2. The Morgan fingerprint density at radius 3 is 2.81 bits per heavy atom. The van der Waals surface area contributed by atoms with E-state index in [2.05, 4.69) is 9.82 Å². The maximum atomic E-state index is 12.2. The Kier molecular flexibility index (Phi) is 5.10. The lowest BCUT2D eigenvalue weighted by Gasteiger charge is -2.08. The number of rotatable bonds is 6. The van der Waals surface area contributed by atoms with E-state index in [9.17, 15) is 8.42 Å². The van der Waals surface area contributed by atoms with Crippen LogP contribution in [0, 0.1) is 0 Å². The van der Waals surface area contributed by atoms with E-state index in [0.717, 1.165) is 0 Å². The second-order valence-electron chi connectivity index (χ2n) is 4.22. The van der Waals surface area contributed by atoms with Crippen LogP contribution in [0.5, 0.6) is 0 Å². The Labute approximate surface area is 132 Å². The fourth-order valence-corrected chi connectivity index (χ4v) is 3.05. The van der Waals surface area contributed by atoms with Gasteiger partial charge in [-0.1, -0.05) is 29.3 Å². The summed E-state index contributed by atoms with van der Waals surface area (Å²) in [6.45, 7) is 0.447. The van der Waals surface area contributed by atoms with Gasteiger partial charge in [0.1, 0.15) is 4.90 Å². The van der Waals surface area contributed by atoms with Crippen LogP contribution in [0.4, 0.5) is 5.69 Å². The quantitative estimate of drug-likeness (QED) is 0.838. The van der Waals surface area contributed by atoms with Gasteiger partial charge in [0.25, 0.3) is 10.0 Å². The third-order valence-electron chi connectivity index (χ3n) is 2.66. The second kappa shape index (κ2) is 6.65. The summed E-state index contributed by atoms with van der Waals surface area (Å²) in [5, 5.41) is 13.1. The highest BCUT2D eigenvalue weighted by Gasteiger charge is 2.18. The van der Waals surface area contributed by atoms with Gasteiger partial charge < -0.3 is 5.11 Å². The minimum absolute atomic E-state index is 0.0106. The Morgan fingerprint density at radius 2 is 2.10 bits per heavy atom. The van der Waals surface area contributed by atoms with Crippen LogP contribution >= 0.6 is 23.2 Å². The van der Waals surface area contributed by atoms with Crippen LogP contribution in [0.25, 0.3) is 0 Å². The molecule has 0 aliphatic rings. The molecule has 21 heavy (non-hydrogen) atoms. The molecule has 0 aliphatic carbocycles. The molecule has 2 rings (SSSR count). The van der Waals surface area contributed by atoms with Crippen molar-refractivity contribution in [2.45, 2.75) is 17.9 Å². The average Bonchev–Trinajstić information content (AvgIpc) is 2.91. The van der Waals surface area contributed by atoms with Crippen molar-refractivity contribution in [3.63, 3.8) is 0 Å². The van der Waals surface area contributed by atoms with E-state index in [1.54, 1.807) is 12.1 Å². The molecule has 0 amide bonds. The van der Waals surface area contributed by atoms with E-state index in [1.807, 2.05) is 0 Å². The number of aliphatic hydroxyl groups excluding tert-OH is 1. The predicted octanol–water partition coefficient (Wildman–Crippen LogP) is 2.37. The molecule has 2 aromatic rings. The molecule has 0 unspecified atom stereocenters. The monoisotopic (exact) mass is 349 g/mol. The molecular formula is C12H13Cl2N3O3S. The Balaban J connectivity index is 2.22. The highest BCUT2D eigenvalue weighted by atomic mass is 35.5. The molecule has 2 N–H and O–H groups in total. The third kappa shape index (κ3) is 3.88. The lowest BCUT2D eigenvalue weighted by atomic mass is 10.3. The van der Waals surface area contributed by atoms with Crippen molar-refractivity contribution in [3.8, 4) is 0 Å². The topological polar surface area (TPSA) is 84.2 Å². The Hall–Kier alpha value is -1.28. The zero-order valence-corrected chi connectivity index (χ0v) is 13.2. The standard InChI is InChI=1S/C12H13Cl2N3O3S/c13-10-3-1-4-11(12(10)14)16-21(19,20)9-7-15-17(8-9)5-2-6-18/h1,3-4,7-8,16,18H,2,5-6H2. The molecular weight excluding hydrogens is 337 g/mol. The normalized spacial score (nSPS) is 11.6. The molecule has 0 atom stereocenters. The third-order valence-corrected chi connectivity index (χ3v) is 4.80. The van der Waals surface area contributed by atoms with Gasteiger partial charge in [-0.25, -0.2) is 8.42 Å². The molecule has 0 fully saturated rings. The van der Waals surface area contributed by atoms with Crippen molar-refractivity contribution in [2.24, 2.45) is 0 Å². The molecule has 9 heteroatoms. The van der Waals surface area contributed by atoms with Gasteiger partial charge in [-0.3, -0.25) is 9.40 Å². The van der Waals surface area contributed by atoms with Crippen molar-refractivity contribution in [1.82, 2.24) is 9.78 Å². The Bertz CT molecular complexity index is 731. The van der Waals surface area contributed by atoms with Gasteiger partial charge in [-0.2, -0.15) is 5.10 Å². The van der Waals surface area contributed by atoms with Gasteiger partial charge in [0.2, 0.25) is 0 Å².